The minimum Gasteiger partial charge on any atom is -0.357 e. The predicted octanol–water partition coefficient (Wildman–Crippen LogP) is 3.47. The van der Waals surface area contributed by atoms with E-state index in [1.165, 1.54) is 25.7 Å². The van der Waals surface area contributed by atoms with E-state index in [4.69, 9.17) is 4.99 Å². The molecule has 0 saturated heterocycles. The molecule has 0 aromatic heterocycles. The highest BCUT2D eigenvalue weighted by atomic mass is 127. The Hall–Kier alpha value is -0.0400. The summed E-state index contributed by atoms with van der Waals surface area (Å²) in [5.41, 5.74) is 0.588. The highest BCUT2D eigenvalue weighted by Crippen LogP contribution is 2.61. The third-order valence-corrected chi connectivity index (χ3v) is 5.22. The first-order chi connectivity index (χ1) is 10.5. The van der Waals surface area contributed by atoms with E-state index in [9.17, 15) is 0 Å². The van der Waals surface area contributed by atoms with Gasteiger partial charge in [0.25, 0.3) is 0 Å². The molecule has 2 aliphatic rings. The van der Waals surface area contributed by atoms with Crippen molar-refractivity contribution in [1.82, 2.24) is 15.5 Å². The molecule has 2 aliphatic carbocycles. The Labute approximate surface area is 160 Å². The van der Waals surface area contributed by atoms with Crippen LogP contribution < -0.4 is 10.6 Å². The summed E-state index contributed by atoms with van der Waals surface area (Å²) >= 11 is 0. The van der Waals surface area contributed by atoms with Gasteiger partial charge in [0, 0.05) is 38.3 Å². The highest BCUT2D eigenvalue weighted by molar-refractivity contribution is 14.0. The lowest BCUT2D eigenvalue weighted by Gasteiger charge is -2.30. The standard InChI is InChI=1S/C18H36N4.HI/c1-6-19-17(20-11-12-22(14(2)3)15(4)5)21-13-18(9-10-18)16-7-8-16;/h14-16H,6-13H2,1-5H3,(H2,19,20,21);1H. The molecule has 2 saturated carbocycles. The van der Waals surface area contributed by atoms with Crippen LogP contribution in [0.15, 0.2) is 4.99 Å². The van der Waals surface area contributed by atoms with Crippen LogP contribution in [0.4, 0.5) is 0 Å². The van der Waals surface area contributed by atoms with E-state index in [1.54, 1.807) is 0 Å². The van der Waals surface area contributed by atoms with Gasteiger partial charge in [-0.2, -0.15) is 0 Å². The van der Waals surface area contributed by atoms with Gasteiger partial charge in [0.15, 0.2) is 5.96 Å². The van der Waals surface area contributed by atoms with Gasteiger partial charge >= 0.3 is 0 Å². The summed E-state index contributed by atoms with van der Waals surface area (Å²) in [6.07, 6.45) is 5.68. The van der Waals surface area contributed by atoms with Gasteiger partial charge in [-0.25, -0.2) is 0 Å². The first kappa shape index (κ1) is 21.0. The number of hydrogen-bond acceptors (Lipinski definition) is 2. The molecule has 136 valence electrons. The van der Waals surface area contributed by atoms with Gasteiger partial charge in [0.1, 0.15) is 0 Å². The zero-order valence-corrected chi connectivity index (χ0v) is 18.0. The van der Waals surface area contributed by atoms with Crippen LogP contribution >= 0.6 is 24.0 Å². The molecule has 23 heavy (non-hydrogen) atoms. The summed E-state index contributed by atoms with van der Waals surface area (Å²) in [7, 11) is 0. The molecule has 0 aromatic rings. The molecule has 2 N–H and O–H groups in total. The fourth-order valence-electron chi connectivity index (χ4n) is 3.55. The van der Waals surface area contributed by atoms with Crippen LogP contribution in [0.2, 0.25) is 0 Å². The number of halogens is 1. The fraction of sp³-hybridized carbons (Fsp3) is 0.944. The molecular weight excluding hydrogens is 399 g/mol. The minimum atomic E-state index is 0. The van der Waals surface area contributed by atoms with Crippen LogP contribution in [-0.4, -0.2) is 49.1 Å². The van der Waals surface area contributed by atoms with Crippen molar-refractivity contribution >= 4 is 29.9 Å². The topological polar surface area (TPSA) is 39.7 Å². The summed E-state index contributed by atoms with van der Waals surface area (Å²) in [5.74, 6) is 1.98. The monoisotopic (exact) mass is 436 g/mol. The fourth-order valence-corrected chi connectivity index (χ4v) is 3.55. The average Bonchev–Trinajstić information content (AvgIpc) is 3.32. The third-order valence-electron chi connectivity index (χ3n) is 5.22. The zero-order valence-electron chi connectivity index (χ0n) is 15.7. The molecule has 0 amide bonds. The molecule has 0 unspecified atom stereocenters. The van der Waals surface area contributed by atoms with E-state index in [-0.39, 0.29) is 24.0 Å². The predicted molar refractivity (Wildman–Crippen MR) is 111 cm³/mol. The summed E-state index contributed by atoms with van der Waals surface area (Å²) in [6, 6.07) is 1.18. The van der Waals surface area contributed by atoms with Crippen molar-refractivity contribution < 1.29 is 0 Å². The van der Waals surface area contributed by atoms with Gasteiger partial charge in [0.2, 0.25) is 0 Å². The van der Waals surface area contributed by atoms with Crippen molar-refractivity contribution in [3.8, 4) is 0 Å². The molecule has 0 aliphatic heterocycles. The van der Waals surface area contributed by atoms with Crippen LogP contribution in [0, 0.1) is 11.3 Å². The maximum atomic E-state index is 4.87. The molecule has 0 bridgehead atoms. The number of guanidine groups is 1. The summed E-state index contributed by atoms with van der Waals surface area (Å²) in [5, 5.41) is 6.91. The normalized spacial score (nSPS) is 19.9. The quantitative estimate of drug-likeness (QED) is 0.330. The lowest BCUT2D eigenvalue weighted by Crippen LogP contribution is -2.45. The lowest BCUT2D eigenvalue weighted by molar-refractivity contribution is 0.178. The van der Waals surface area contributed by atoms with E-state index in [0.717, 1.165) is 38.1 Å². The molecule has 0 radical (unpaired) electrons. The molecule has 4 nitrogen and oxygen atoms in total. The van der Waals surface area contributed by atoms with Crippen LogP contribution in [0.1, 0.15) is 60.3 Å². The third kappa shape index (κ3) is 6.40. The molecule has 0 heterocycles. The Bertz CT molecular complexity index is 365. The van der Waals surface area contributed by atoms with E-state index in [2.05, 4.69) is 50.2 Å². The largest absolute Gasteiger partial charge is 0.357 e. The van der Waals surface area contributed by atoms with Gasteiger partial charge in [-0.3, -0.25) is 9.89 Å². The molecule has 0 aromatic carbocycles. The SMILES string of the molecule is CCNC(=NCC1(C2CC2)CC1)NCCN(C(C)C)C(C)C.I. The van der Waals surface area contributed by atoms with Crippen molar-refractivity contribution in [3.05, 3.63) is 0 Å². The van der Waals surface area contributed by atoms with Crippen LogP contribution in [-0.2, 0) is 0 Å². The zero-order chi connectivity index (χ0) is 16.2. The van der Waals surface area contributed by atoms with Crippen molar-refractivity contribution in [1.29, 1.82) is 0 Å². The number of nitrogens with zero attached hydrogens (tertiary/aromatic N) is 2. The summed E-state index contributed by atoms with van der Waals surface area (Å²) in [4.78, 5) is 7.39. The van der Waals surface area contributed by atoms with Crippen molar-refractivity contribution in [3.63, 3.8) is 0 Å². The number of hydrogen-bond donors (Lipinski definition) is 2. The van der Waals surface area contributed by atoms with Crippen molar-refractivity contribution in [2.75, 3.05) is 26.2 Å². The summed E-state index contributed by atoms with van der Waals surface area (Å²) < 4.78 is 0. The molecule has 5 heteroatoms. The van der Waals surface area contributed by atoms with Crippen LogP contribution in [0.3, 0.4) is 0 Å². The Kier molecular flexibility index (Phi) is 8.63. The maximum Gasteiger partial charge on any atom is 0.191 e. The second kappa shape index (κ2) is 9.44. The molecule has 0 atom stereocenters. The Balaban J connectivity index is 0.00000264. The molecule has 0 spiro atoms. The van der Waals surface area contributed by atoms with E-state index < -0.39 is 0 Å². The second-order valence-electron chi connectivity index (χ2n) is 7.68. The highest BCUT2D eigenvalue weighted by Gasteiger charge is 2.53. The van der Waals surface area contributed by atoms with Crippen LogP contribution in [0.25, 0.3) is 0 Å². The molecular formula is C18H37IN4. The number of rotatable bonds is 9. The van der Waals surface area contributed by atoms with Crippen molar-refractivity contribution in [2.24, 2.45) is 16.3 Å². The molecule has 2 rings (SSSR count). The average molecular weight is 436 g/mol. The van der Waals surface area contributed by atoms with Gasteiger partial charge < -0.3 is 10.6 Å². The lowest BCUT2D eigenvalue weighted by atomic mass is 10.0. The smallest absolute Gasteiger partial charge is 0.191 e. The van der Waals surface area contributed by atoms with Gasteiger partial charge in [0.05, 0.1) is 0 Å². The number of nitrogens with one attached hydrogen (secondary N) is 2. The second-order valence-corrected chi connectivity index (χ2v) is 7.68. The van der Waals surface area contributed by atoms with E-state index in [1.807, 2.05) is 0 Å². The van der Waals surface area contributed by atoms with Gasteiger partial charge in [-0.15, -0.1) is 24.0 Å². The Morgan fingerprint density at radius 3 is 2.17 bits per heavy atom. The van der Waals surface area contributed by atoms with Crippen molar-refractivity contribution in [2.45, 2.75) is 72.4 Å². The van der Waals surface area contributed by atoms with Gasteiger partial charge in [-0.1, -0.05) is 0 Å². The van der Waals surface area contributed by atoms with Crippen LogP contribution in [0.5, 0.6) is 0 Å². The Morgan fingerprint density at radius 2 is 1.74 bits per heavy atom. The Morgan fingerprint density at radius 1 is 1.13 bits per heavy atom. The maximum absolute atomic E-state index is 4.87. The first-order valence-electron chi connectivity index (χ1n) is 9.26. The van der Waals surface area contributed by atoms with Gasteiger partial charge in [-0.05, 0) is 71.6 Å². The van der Waals surface area contributed by atoms with E-state index >= 15 is 0 Å². The first-order valence-corrected chi connectivity index (χ1v) is 9.26. The molecule has 2 fully saturated rings. The summed E-state index contributed by atoms with van der Waals surface area (Å²) in [6.45, 7) is 15.2. The van der Waals surface area contributed by atoms with E-state index in [0.29, 0.717) is 17.5 Å². The number of aliphatic imine (C=N–C) groups is 1. The minimum absolute atomic E-state index is 0.